The van der Waals surface area contributed by atoms with Crippen molar-refractivity contribution in [1.82, 2.24) is 4.98 Å². The maximum absolute atomic E-state index is 6.45. The van der Waals surface area contributed by atoms with Crippen LogP contribution in [0, 0.1) is 0 Å². The van der Waals surface area contributed by atoms with E-state index >= 15 is 0 Å². The molecule has 0 aliphatic rings. The van der Waals surface area contributed by atoms with Gasteiger partial charge in [0.05, 0.1) is 5.69 Å². The zero-order chi connectivity index (χ0) is 37.7. The van der Waals surface area contributed by atoms with Crippen LogP contribution in [0.1, 0.15) is 0 Å². The van der Waals surface area contributed by atoms with E-state index in [4.69, 9.17) is 13.8 Å². The summed E-state index contributed by atoms with van der Waals surface area (Å²) >= 11 is 0. The van der Waals surface area contributed by atoms with Crippen molar-refractivity contribution in [2.75, 3.05) is 4.90 Å². The number of oxazole rings is 1. The molecule has 0 atom stereocenters. The zero-order valence-corrected chi connectivity index (χ0v) is 30.8. The van der Waals surface area contributed by atoms with Crippen molar-refractivity contribution in [2.45, 2.75) is 0 Å². The van der Waals surface area contributed by atoms with Crippen LogP contribution in [0.3, 0.4) is 0 Å². The SMILES string of the molecule is c1ccc(-c2ccc(N(c3ccc(-c4cccc5oc6cc7nc(-c8ccccc8)oc7cc6c45)cc3)c3ccccc3-c3ccc4ccccc4c3)cc2)cc1. The second-order valence-electron chi connectivity index (χ2n) is 14.4. The minimum atomic E-state index is 0.597. The Bertz CT molecular complexity index is 3220. The first-order valence-electron chi connectivity index (χ1n) is 19.2. The van der Waals surface area contributed by atoms with Crippen LogP contribution >= 0.6 is 0 Å². The second kappa shape index (κ2) is 13.6. The Morgan fingerprint density at radius 2 is 0.982 bits per heavy atom. The molecule has 0 fully saturated rings. The molecule has 11 aromatic rings. The normalized spacial score (nSPS) is 11.5. The highest BCUT2D eigenvalue weighted by atomic mass is 16.4. The maximum atomic E-state index is 6.45. The largest absolute Gasteiger partial charge is 0.456 e. The molecule has 2 aromatic heterocycles. The molecule has 0 N–H and O–H groups in total. The minimum Gasteiger partial charge on any atom is -0.456 e. The Morgan fingerprint density at radius 1 is 0.368 bits per heavy atom. The van der Waals surface area contributed by atoms with Gasteiger partial charge in [-0.1, -0.05) is 140 Å². The molecule has 9 aromatic carbocycles. The Morgan fingerprint density at radius 3 is 1.75 bits per heavy atom. The molecule has 0 aliphatic carbocycles. The molecular weight excluding hydrogens is 697 g/mol. The van der Waals surface area contributed by atoms with Gasteiger partial charge in [-0.3, -0.25) is 0 Å². The van der Waals surface area contributed by atoms with Gasteiger partial charge in [-0.15, -0.1) is 0 Å². The lowest BCUT2D eigenvalue weighted by Crippen LogP contribution is -2.11. The lowest BCUT2D eigenvalue weighted by Gasteiger charge is -2.28. The number of para-hydroxylation sites is 1. The van der Waals surface area contributed by atoms with Gasteiger partial charge in [-0.25, -0.2) is 4.98 Å². The molecule has 0 bridgehead atoms. The van der Waals surface area contributed by atoms with E-state index in [1.165, 1.54) is 27.5 Å². The fourth-order valence-corrected chi connectivity index (χ4v) is 8.11. The van der Waals surface area contributed by atoms with Crippen molar-refractivity contribution in [3.63, 3.8) is 0 Å². The number of fused-ring (bicyclic) bond motifs is 5. The molecule has 0 saturated heterocycles. The van der Waals surface area contributed by atoms with E-state index in [-0.39, 0.29) is 0 Å². The van der Waals surface area contributed by atoms with Crippen LogP contribution in [0.5, 0.6) is 0 Å². The molecule has 4 heteroatoms. The first kappa shape index (κ1) is 32.7. The van der Waals surface area contributed by atoms with E-state index in [2.05, 4.69) is 169 Å². The molecule has 2 heterocycles. The number of anilines is 3. The zero-order valence-electron chi connectivity index (χ0n) is 30.8. The Kier molecular flexibility index (Phi) is 7.78. The van der Waals surface area contributed by atoms with Crippen molar-refractivity contribution >= 4 is 60.9 Å². The van der Waals surface area contributed by atoms with Crippen LogP contribution in [-0.4, -0.2) is 4.98 Å². The summed E-state index contributed by atoms with van der Waals surface area (Å²) in [5.41, 5.74) is 14.2. The van der Waals surface area contributed by atoms with Crippen LogP contribution < -0.4 is 4.90 Å². The van der Waals surface area contributed by atoms with Gasteiger partial charge in [-0.2, -0.15) is 0 Å². The summed E-state index contributed by atoms with van der Waals surface area (Å²) in [5.74, 6) is 0.597. The van der Waals surface area contributed by atoms with Crippen molar-refractivity contribution in [2.24, 2.45) is 0 Å². The van der Waals surface area contributed by atoms with E-state index in [0.29, 0.717) is 5.89 Å². The number of nitrogens with zero attached hydrogens (tertiary/aromatic N) is 2. The van der Waals surface area contributed by atoms with E-state index < -0.39 is 0 Å². The third-order valence-corrected chi connectivity index (χ3v) is 10.9. The lowest BCUT2D eigenvalue weighted by molar-refractivity contribution is 0.620. The first-order chi connectivity index (χ1) is 28.2. The van der Waals surface area contributed by atoms with Gasteiger partial charge in [0, 0.05) is 39.3 Å². The van der Waals surface area contributed by atoms with E-state index in [9.17, 15) is 0 Å². The molecule has 0 radical (unpaired) electrons. The monoisotopic (exact) mass is 730 g/mol. The highest BCUT2D eigenvalue weighted by Gasteiger charge is 2.20. The van der Waals surface area contributed by atoms with Gasteiger partial charge < -0.3 is 13.7 Å². The quantitative estimate of drug-likeness (QED) is 0.164. The standard InChI is InChI=1S/C53H34N2O2/c1-3-12-35(13-4-1)37-24-28-42(29-25-37)55(48-20-10-9-18-44(48)41-23-22-36-14-7-8-17-40(36)32-41)43-30-26-38(27-31-43)45-19-11-21-49-52(45)46-33-51-47(34-50(46)56-49)54-53(57-51)39-15-5-2-6-16-39/h1-34H. The Balaban J connectivity index is 1.03. The molecule has 4 nitrogen and oxygen atoms in total. The highest BCUT2D eigenvalue weighted by molar-refractivity contribution is 6.15. The molecule has 268 valence electrons. The van der Waals surface area contributed by atoms with Crippen molar-refractivity contribution in [3.05, 3.63) is 206 Å². The molecule has 57 heavy (non-hydrogen) atoms. The average Bonchev–Trinajstić information content (AvgIpc) is 3.87. The maximum Gasteiger partial charge on any atom is 0.227 e. The predicted molar refractivity (Wildman–Crippen MR) is 235 cm³/mol. The summed E-state index contributed by atoms with van der Waals surface area (Å²) < 4.78 is 12.7. The fourth-order valence-electron chi connectivity index (χ4n) is 8.11. The smallest absolute Gasteiger partial charge is 0.227 e. The van der Waals surface area contributed by atoms with Crippen LogP contribution in [0.2, 0.25) is 0 Å². The summed E-state index contributed by atoms with van der Waals surface area (Å²) in [7, 11) is 0. The van der Waals surface area contributed by atoms with Crippen LogP contribution in [0.15, 0.2) is 215 Å². The van der Waals surface area contributed by atoms with Crippen LogP contribution in [-0.2, 0) is 0 Å². The Hall–Kier alpha value is -7.69. The number of aromatic nitrogens is 1. The molecule has 0 aliphatic heterocycles. The topological polar surface area (TPSA) is 42.4 Å². The summed E-state index contributed by atoms with van der Waals surface area (Å²) in [5, 5.41) is 4.49. The number of hydrogen-bond donors (Lipinski definition) is 0. The number of furan rings is 1. The lowest BCUT2D eigenvalue weighted by atomic mass is 9.97. The second-order valence-corrected chi connectivity index (χ2v) is 14.4. The van der Waals surface area contributed by atoms with Crippen LogP contribution in [0.4, 0.5) is 17.1 Å². The van der Waals surface area contributed by atoms with Crippen LogP contribution in [0.25, 0.3) is 88.6 Å². The van der Waals surface area contributed by atoms with E-state index in [0.717, 1.165) is 72.4 Å². The summed E-state index contributed by atoms with van der Waals surface area (Å²) in [6, 6.07) is 72.5. The number of benzene rings is 9. The highest BCUT2D eigenvalue weighted by Crippen LogP contribution is 2.44. The van der Waals surface area contributed by atoms with Crippen molar-refractivity contribution in [3.8, 4) is 44.8 Å². The number of hydrogen-bond acceptors (Lipinski definition) is 4. The molecular formula is C53H34N2O2. The van der Waals surface area contributed by atoms with E-state index in [1.54, 1.807) is 0 Å². The van der Waals surface area contributed by atoms with Gasteiger partial charge in [0.15, 0.2) is 5.58 Å². The molecule has 0 unspecified atom stereocenters. The van der Waals surface area contributed by atoms with Gasteiger partial charge in [-0.05, 0) is 99.3 Å². The summed E-state index contributed by atoms with van der Waals surface area (Å²) in [6.07, 6.45) is 0. The van der Waals surface area contributed by atoms with Crippen molar-refractivity contribution in [1.29, 1.82) is 0 Å². The third kappa shape index (κ3) is 5.83. The van der Waals surface area contributed by atoms with Crippen molar-refractivity contribution < 1.29 is 8.83 Å². The summed E-state index contributed by atoms with van der Waals surface area (Å²) in [6.45, 7) is 0. The predicted octanol–water partition coefficient (Wildman–Crippen LogP) is 15.0. The Labute approximate surface area is 329 Å². The van der Waals surface area contributed by atoms with Gasteiger partial charge in [0.1, 0.15) is 16.7 Å². The van der Waals surface area contributed by atoms with Gasteiger partial charge in [0.2, 0.25) is 5.89 Å². The van der Waals surface area contributed by atoms with Gasteiger partial charge in [0.25, 0.3) is 0 Å². The fraction of sp³-hybridized carbons (Fsp3) is 0. The average molecular weight is 731 g/mol. The third-order valence-electron chi connectivity index (χ3n) is 10.9. The molecule has 0 saturated carbocycles. The number of rotatable bonds is 7. The first-order valence-corrected chi connectivity index (χ1v) is 19.2. The molecule has 11 rings (SSSR count). The molecule has 0 spiro atoms. The van der Waals surface area contributed by atoms with E-state index in [1.807, 2.05) is 42.5 Å². The summed E-state index contributed by atoms with van der Waals surface area (Å²) in [4.78, 5) is 7.15. The minimum absolute atomic E-state index is 0.597. The van der Waals surface area contributed by atoms with Gasteiger partial charge >= 0.3 is 0 Å². The molecule has 0 amide bonds.